The second-order valence-electron chi connectivity index (χ2n) is 5.52. The van der Waals surface area contributed by atoms with Crippen LogP contribution in [0.15, 0.2) is 42.5 Å². The number of amides is 2. The highest BCUT2D eigenvalue weighted by atomic mass is 19.4. The maximum absolute atomic E-state index is 12.8. The van der Waals surface area contributed by atoms with Gasteiger partial charge in [-0.1, -0.05) is 6.07 Å². The van der Waals surface area contributed by atoms with E-state index in [0.717, 1.165) is 0 Å². The normalized spacial score (nSPS) is 11.8. The fourth-order valence-electron chi connectivity index (χ4n) is 2.11. The first-order chi connectivity index (χ1) is 12.9. The Hall–Kier alpha value is -3.24. The maximum atomic E-state index is 12.8. The molecule has 0 aliphatic rings. The van der Waals surface area contributed by atoms with Crippen molar-refractivity contribution in [1.82, 2.24) is 0 Å². The topological polar surface area (TPSA) is 81.4 Å². The largest absolute Gasteiger partial charge is 0.484 e. The van der Waals surface area contributed by atoms with Crippen LogP contribution in [0, 0.1) is 0 Å². The van der Waals surface area contributed by atoms with Gasteiger partial charge in [0.1, 0.15) is 5.75 Å². The summed E-state index contributed by atoms with van der Waals surface area (Å²) in [6.07, 6.45) is -10.1. The van der Waals surface area contributed by atoms with E-state index in [1.54, 1.807) is 0 Å². The first-order valence-electron chi connectivity index (χ1n) is 7.48. The summed E-state index contributed by atoms with van der Waals surface area (Å²) in [7, 11) is 0. The van der Waals surface area contributed by atoms with Gasteiger partial charge in [0.05, 0.1) is 11.1 Å². The number of carbonyl (C=O) groups excluding carboxylic acids is 2. The van der Waals surface area contributed by atoms with Crippen molar-refractivity contribution in [3.05, 3.63) is 59.2 Å². The molecule has 28 heavy (non-hydrogen) atoms. The van der Waals surface area contributed by atoms with Gasteiger partial charge in [-0.2, -0.15) is 26.3 Å². The molecule has 0 aliphatic heterocycles. The van der Waals surface area contributed by atoms with Crippen LogP contribution in [0.25, 0.3) is 0 Å². The Bertz CT molecular complexity index is 861. The minimum Gasteiger partial charge on any atom is -0.484 e. The van der Waals surface area contributed by atoms with Crippen molar-refractivity contribution in [2.24, 2.45) is 5.73 Å². The predicted molar refractivity (Wildman–Crippen MR) is 85.5 cm³/mol. The molecule has 0 spiro atoms. The quantitative estimate of drug-likeness (QED) is 0.741. The predicted octanol–water partition coefficient (Wildman–Crippen LogP) is 3.84. The van der Waals surface area contributed by atoms with Gasteiger partial charge in [-0.25, -0.2) is 0 Å². The number of hydrogen-bond donors (Lipinski definition) is 2. The molecule has 0 atom stereocenters. The Morgan fingerprint density at radius 2 is 1.50 bits per heavy atom. The van der Waals surface area contributed by atoms with Gasteiger partial charge in [0.15, 0.2) is 6.61 Å². The summed E-state index contributed by atoms with van der Waals surface area (Å²) >= 11 is 0. The number of benzene rings is 2. The Morgan fingerprint density at radius 3 is 2.00 bits per heavy atom. The van der Waals surface area contributed by atoms with Crippen LogP contribution in [0.2, 0.25) is 0 Å². The standard InChI is InChI=1S/C17H12F6N2O3/c18-16(19,20)10-5-11(17(21,22)23)7-12(6-10)25-14(26)8-28-13-3-1-2-9(4-13)15(24)27/h1-7H,8H2,(H2,24,27)(H,25,26). The summed E-state index contributed by atoms with van der Waals surface area (Å²) in [6.45, 7) is -0.722. The van der Waals surface area contributed by atoms with Crippen molar-refractivity contribution < 1.29 is 40.7 Å². The Labute approximate surface area is 154 Å². The molecule has 2 aromatic carbocycles. The molecule has 5 nitrogen and oxygen atoms in total. The van der Waals surface area contributed by atoms with Crippen LogP contribution in [0.5, 0.6) is 5.75 Å². The van der Waals surface area contributed by atoms with E-state index in [1.165, 1.54) is 24.3 Å². The van der Waals surface area contributed by atoms with E-state index in [2.05, 4.69) is 0 Å². The summed E-state index contributed by atoms with van der Waals surface area (Å²) in [5.41, 5.74) is 1.35. The highest BCUT2D eigenvalue weighted by molar-refractivity contribution is 5.93. The van der Waals surface area contributed by atoms with Crippen LogP contribution in [0.3, 0.4) is 0 Å². The summed E-state index contributed by atoms with van der Waals surface area (Å²) in [6, 6.07) is 6.10. The average Bonchev–Trinajstić information content (AvgIpc) is 2.58. The molecular formula is C17H12F6N2O3. The lowest BCUT2D eigenvalue weighted by Crippen LogP contribution is -2.21. The lowest BCUT2D eigenvalue weighted by atomic mass is 10.1. The second-order valence-corrected chi connectivity index (χ2v) is 5.52. The molecule has 0 bridgehead atoms. The number of rotatable bonds is 5. The first kappa shape index (κ1) is 21.1. The van der Waals surface area contributed by atoms with E-state index in [0.29, 0.717) is 12.1 Å². The number of anilines is 1. The molecule has 11 heteroatoms. The van der Waals surface area contributed by atoms with Gasteiger partial charge in [0, 0.05) is 11.3 Å². The van der Waals surface area contributed by atoms with E-state index in [4.69, 9.17) is 10.5 Å². The highest BCUT2D eigenvalue weighted by Crippen LogP contribution is 2.37. The zero-order valence-corrected chi connectivity index (χ0v) is 13.8. The Kier molecular flexibility index (Phi) is 5.86. The Morgan fingerprint density at radius 1 is 0.929 bits per heavy atom. The average molecular weight is 406 g/mol. The lowest BCUT2D eigenvalue weighted by Gasteiger charge is -2.15. The number of carbonyl (C=O) groups is 2. The molecule has 0 radical (unpaired) electrons. The van der Waals surface area contributed by atoms with E-state index < -0.39 is 47.6 Å². The van der Waals surface area contributed by atoms with Crippen LogP contribution in [-0.4, -0.2) is 18.4 Å². The third kappa shape index (κ3) is 5.63. The molecule has 2 aromatic rings. The van der Waals surface area contributed by atoms with Crippen LogP contribution in [0.1, 0.15) is 21.5 Å². The molecular weight excluding hydrogens is 394 g/mol. The van der Waals surface area contributed by atoms with Crippen LogP contribution in [0.4, 0.5) is 32.0 Å². The van der Waals surface area contributed by atoms with Crippen molar-refractivity contribution >= 4 is 17.5 Å². The van der Waals surface area contributed by atoms with E-state index in [9.17, 15) is 35.9 Å². The number of alkyl halides is 6. The van der Waals surface area contributed by atoms with E-state index in [1.807, 2.05) is 5.32 Å². The molecule has 0 saturated heterocycles. The lowest BCUT2D eigenvalue weighted by molar-refractivity contribution is -0.143. The van der Waals surface area contributed by atoms with Gasteiger partial charge >= 0.3 is 12.4 Å². The zero-order valence-electron chi connectivity index (χ0n) is 13.8. The van der Waals surface area contributed by atoms with Crippen molar-refractivity contribution in [3.8, 4) is 5.75 Å². The molecule has 0 aromatic heterocycles. The van der Waals surface area contributed by atoms with Crippen molar-refractivity contribution in [2.45, 2.75) is 12.4 Å². The minimum absolute atomic E-state index is 0.0541. The van der Waals surface area contributed by atoms with E-state index in [-0.39, 0.29) is 17.4 Å². The SMILES string of the molecule is NC(=O)c1cccc(OCC(=O)Nc2cc(C(F)(F)F)cc(C(F)(F)F)c2)c1. The zero-order chi connectivity index (χ0) is 21.1. The maximum Gasteiger partial charge on any atom is 0.416 e. The molecule has 0 fully saturated rings. The third-order valence-corrected chi connectivity index (χ3v) is 3.36. The molecule has 0 aliphatic carbocycles. The van der Waals surface area contributed by atoms with Crippen molar-refractivity contribution in [1.29, 1.82) is 0 Å². The van der Waals surface area contributed by atoms with Crippen molar-refractivity contribution in [3.63, 3.8) is 0 Å². The van der Waals surface area contributed by atoms with E-state index >= 15 is 0 Å². The molecule has 2 amide bonds. The molecule has 3 N–H and O–H groups in total. The van der Waals surface area contributed by atoms with Gasteiger partial charge in [-0.3, -0.25) is 9.59 Å². The van der Waals surface area contributed by atoms with Crippen LogP contribution >= 0.6 is 0 Å². The second kappa shape index (κ2) is 7.79. The number of halogens is 6. The summed E-state index contributed by atoms with van der Waals surface area (Å²) < 4.78 is 81.9. The number of nitrogens with one attached hydrogen (secondary N) is 1. The number of hydrogen-bond acceptors (Lipinski definition) is 3. The highest BCUT2D eigenvalue weighted by Gasteiger charge is 2.37. The molecule has 0 heterocycles. The van der Waals surface area contributed by atoms with Crippen LogP contribution < -0.4 is 15.8 Å². The smallest absolute Gasteiger partial charge is 0.416 e. The number of ether oxygens (including phenoxy) is 1. The number of nitrogens with two attached hydrogens (primary N) is 1. The monoisotopic (exact) mass is 406 g/mol. The fraction of sp³-hybridized carbons (Fsp3) is 0.176. The summed E-state index contributed by atoms with van der Waals surface area (Å²) in [4.78, 5) is 22.9. The fourth-order valence-corrected chi connectivity index (χ4v) is 2.11. The Balaban J connectivity index is 2.15. The summed E-state index contributed by atoms with van der Waals surface area (Å²) in [5.74, 6) is -1.69. The molecule has 150 valence electrons. The van der Waals surface area contributed by atoms with Crippen molar-refractivity contribution in [2.75, 3.05) is 11.9 Å². The summed E-state index contributed by atoms with van der Waals surface area (Å²) in [5, 5.41) is 1.92. The molecule has 2 rings (SSSR count). The third-order valence-electron chi connectivity index (χ3n) is 3.36. The van der Waals surface area contributed by atoms with Gasteiger partial charge in [-0.05, 0) is 36.4 Å². The van der Waals surface area contributed by atoms with Crippen LogP contribution in [-0.2, 0) is 17.1 Å². The minimum atomic E-state index is -5.04. The van der Waals surface area contributed by atoms with Gasteiger partial charge in [0.25, 0.3) is 5.91 Å². The first-order valence-corrected chi connectivity index (χ1v) is 7.48. The van der Waals surface area contributed by atoms with Gasteiger partial charge in [0.2, 0.25) is 5.91 Å². The number of primary amides is 1. The van der Waals surface area contributed by atoms with Gasteiger partial charge in [-0.15, -0.1) is 0 Å². The van der Waals surface area contributed by atoms with Gasteiger partial charge < -0.3 is 15.8 Å². The molecule has 0 unspecified atom stereocenters. The molecule has 0 saturated carbocycles.